The van der Waals surface area contributed by atoms with Crippen molar-refractivity contribution in [2.24, 2.45) is 17.8 Å². The Balaban J connectivity index is 1.30. The summed E-state index contributed by atoms with van der Waals surface area (Å²) >= 11 is 0. The van der Waals surface area contributed by atoms with E-state index in [0.717, 1.165) is 29.1 Å². The molecule has 1 heterocycles. The SMILES string of the molecule is C[C@@H](N[C@H](c1ccccc1)c1ccco1)C(=O)NC12CC3CC(CC(C3)C1)C2. The van der Waals surface area contributed by atoms with Gasteiger partial charge in [-0.05, 0) is 80.9 Å². The number of rotatable bonds is 6. The lowest BCUT2D eigenvalue weighted by Gasteiger charge is -2.57. The maximum atomic E-state index is 13.2. The Morgan fingerprint density at radius 1 is 1.00 bits per heavy atom. The van der Waals surface area contributed by atoms with E-state index in [1.54, 1.807) is 6.26 Å². The van der Waals surface area contributed by atoms with Crippen LogP contribution in [0.25, 0.3) is 0 Å². The third-order valence-electron chi connectivity index (χ3n) is 7.20. The molecule has 0 aliphatic heterocycles. The summed E-state index contributed by atoms with van der Waals surface area (Å²) in [5.74, 6) is 3.44. The Morgan fingerprint density at radius 3 is 2.21 bits per heavy atom. The van der Waals surface area contributed by atoms with Crippen molar-refractivity contribution < 1.29 is 9.21 Å². The molecule has 4 saturated carbocycles. The van der Waals surface area contributed by atoms with E-state index in [9.17, 15) is 4.79 Å². The lowest BCUT2D eigenvalue weighted by atomic mass is 9.53. The van der Waals surface area contributed by atoms with E-state index in [-0.39, 0.29) is 23.5 Å². The first-order valence-electron chi connectivity index (χ1n) is 10.8. The predicted octanol–water partition coefficient (Wildman–Crippen LogP) is 4.43. The molecule has 4 heteroatoms. The molecule has 4 nitrogen and oxygen atoms in total. The number of nitrogens with one attached hydrogen (secondary N) is 2. The molecule has 4 fully saturated rings. The van der Waals surface area contributed by atoms with Gasteiger partial charge in [0.1, 0.15) is 5.76 Å². The average molecular weight is 379 g/mol. The van der Waals surface area contributed by atoms with Crippen LogP contribution in [-0.4, -0.2) is 17.5 Å². The van der Waals surface area contributed by atoms with E-state index in [1.165, 1.54) is 38.5 Å². The van der Waals surface area contributed by atoms with Crippen LogP contribution in [0.2, 0.25) is 0 Å². The largest absolute Gasteiger partial charge is 0.467 e. The van der Waals surface area contributed by atoms with Gasteiger partial charge in [-0.3, -0.25) is 10.1 Å². The zero-order valence-corrected chi connectivity index (χ0v) is 16.6. The maximum Gasteiger partial charge on any atom is 0.237 e. The molecule has 148 valence electrons. The molecule has 6 rings (SSSR count). The molecule has 28 heavy (non-hydrogen) atoms. The molecule has 4 aliphatic carbocycles. The Bertz CT molecular complexity index is 779. The highest BCUT2D eigenvalue weighted by Crippen LogP contribution is 2.55. The quantitative estimate of drug-likeness (QED) is 0.782. The predicted molar refractivity (Wildman–Crippen MR) is 109 cm³/mol. The number of benzene rings is 1. The van der Waals surface area contributed by atoms with Crippen LogP contribution in [-0.2, 0) is 4.79 Å². The van der Waals surface area contributed by atoms with Crippen molar-refractivity contribution in [1.82, 2.24) is 10.6 Å². The van der Waals surface area contributed by atoms with Crippen LogP contribution in [0.15, 0.2) is 53.1 Å². The van der Waals surface area contributed by atoms with Gasteiger partial charge in [-0.25, -0.2) is 0 Å². The highest BCUT2D eigenvalue weighted by atomic mass is 16.3. The first-order chi connectivity index (χ1) is 13.6. The lowest BCUT2D eigenvalue weighted by Crippen LogP contribution is -2.62. The summed E-state index contributed by atoms with van der Waals surface area (Å²) in [5, 5.41) is 7.01. The van der Waals surface area contributed by atoms with Crippen LogP contribution in [0.1, 0.15) is 62.8 Å². The van der Waals surface area contributed by atoms with Gasteiger partial charge in [-0.15, -0.1) is 0 Å². The number of carbonyl (C=O) groups excluding carboxylic acids is 1. The molecule has 1 aromatic carbocycles. The van der Waals surface area contributed by atoms with Crippen LogP contribution in [0.3, 0.4) is 0 Å². The summed E-state index contributed by atoms with van der Waals surface area (Å²) in [6, 6.07) is 13.6. The van der Waals surface area contributed by atoms with Crippen LogP contribution in [0.5, 0.6) is 0 Å². The number of furan rings is 1. The highest BCUT2D eigenvalue weighted by molar-refractivity contribution is 5.82. The number of carbonyl (C=O) groups is 1. The standard InChI is InChI=1S/C24H30N2O2/c1-16(25-22(21-8-5-9-28-21)20-6-3-2-4-7-20)23(27)26-24-13-17-10-18(14-24)12-19(11-17)15-24/h2-9,16-19,22,25H,10-15H2,1H3,(H,26,27)/t16-,17?,18?,19?,22-,24?/m1/s1. The van der Waals surface area contributed by atoms with E-state index in [1.807, 2.05) is 37.3 Å². The van der Waals surface area contributed by atoms with Gasteiger partial charge in [-0.1, -0.05) is 30.3 Å². The second kappa shape index (κ2) is 7.07. The maximum absolute atomic E-state index is 13.2. The molecule has 4 bridgehead atoms. The van der Waals surface area contributed by atoms with Crippen LogP contribution < -0.4 is 10.6 Å². The fourth-order valence-electron chi connectivity index (χ4n) is 6.40. The topological polar surface area (TPSA) is 54.3 Å². The van der Waals surface area contributed by atoms with E-state index in [0.29, 0.717) is 0 Å². The van der Waals surface area contributed by atoms with Crippen LogP contribution >= 0.6 is 0 Å². The van der Waals surface area contributed by atoms with Gasteiger partial charge < -0.3 is 9.73 Å². The van der Waals surface area contributed by atoms with Gasteiger partial charge in [0.25, 0.3) is 0 Å². The Morgan fingerprint density at radius 2 is 1.64 bits per heavy atom. The monoisotopic (exact) mass is 378 g/mol. The Hall–Kier alpha value is -2.07. The Labute approximate surface area is 167 Å². The summed E-state index contributed by atoms with van der Waals surface area (Å²) in [6.07, 6.45) is 9.38. The third kappa shape index (κ3) is 3.39. The first kappa shape index (κ1) is 18.0. The molecular weight excluding hydrogens is 348 g/mol. The van der Waals surface area contributed by atoms with Crippen molar-refractivity contribution in [3.8, 4) is 0 Å². The minimum Gasteiger partial charge on any atom is -0.467 e. The van der Waals surface area contributed by atoms with E-state index < -0.39 is 0 Å². The molecule has 1 amide bonds. The molecule has 1 aromatic heterocycles. The highest BCUT2D eigenvalue weighted by Gasteiger charge is 2.51. The molecule has 0 radical (unpaired) electrons. The van der Waals surface area contributed by atoms with Crippen molar-refractivity contribution in [2.45, 2.75) is 63.1 Å². The molecule has 2 aromatic rings. The molecule has 2 atom stereocenters. The van der Waals surface area contributed by atoms with Crippen molar-refractivity contribution in [1.29, 1.82) is 0 Å². The minimum absolute atomic E-state index is 0.0503. The van der Waals surface area contributed by atoms with Crippen molar-refractivity contribution in [3.05, 3.63) is 60.1 Å². The molecule has 0 spiro atoms. The smallest absolute Gasteiger partial charge is 0.237 e. The van der Waals surface area contributed by atoms with Gasteiger partial charge in [0.2, 0.25) is 5.91 Å². The second-order valence-corrected chi connectivity index (χ2v) is 9.43. The molecule has 4 aliphatic rings. The Kier molecular flexibility index (Phi) is 4.54. The van der Waals surface area contributed by atoms with Crippen LogP contribution in [0, 0.1) is 17.8 Å². The normalized spacial score (nSPS) is 32.8. The molecule has 0 saturated heterocycles. The zero-order chi connectivity index (χ0) is 19.1. The van der Waals surface area contributed by atoms with Gasteiger partial charge in [0.05, 0.1) is 18.3 Å². The summed E-state index contributed by atoms with van der Waals surface area (Å²) in [4.78, 5) is 13.2. The van der Waals surface area contributed by atoms with E-state index in [2.05, 4.69) is 22.8 Å². The number of hydrogen-bond donors (Lipinski definition) is 2. The van der Waals surface area contributed by atoms with Crippen molar-refractivity contribution in [2.75, 3.05) is 0 Å². The number of hydrogen-bond acceptors (Lipinski definition) is 3. The van der Waals surface area contributed by atoms with Gasteiger partial charge >= 0.3 is 0 Å². The fourth-order valence-corrected chi connectivity index (χ4v) is 6.40. The summed E-state index contributed by atoms with van der Waals surface area (Å²) < 4.78 is 5.67. The summed E-state index contributed by atoms with van der Waals surface area (Å²) in [6.45, 7) is 1.97. The second-order valence-electron chi connectivity index (χ2n) is 9.43. The van der Waals surface area contributed by atoms with Crippen molar-refractivity contribution in [3.63, 3.8) is 0 Å². The number of amides is 1. The van der Waals surface area contributed by atoms with Gasteiger partial charge in [0.15, 0.2) is 0 Å². The summed E-state index contributed by atoms with van der Waals surface area (Å²) in [7, 11) is 0. The third-order valence-corrected chi connectivity index (χ3v) is 7.20. The van der Waals surface area contributed by atoms with Crippen molar-refractivity contribution >= 4 is 5.91 Å². The lowest BCUT2D eigenvalue weighted by molar-refractivity contribution is -0.128. The van der Waals surface area contributed by atoms with Gasteiger partial charge in [0, 0.05) is 5.54 Å². The van der Waals surface area contributed by atoms with E-state index >= 15 is 0 Å². The molecule has 2 N–H and O–H groups in total. The van der Waals surface area contributed by atoms with Crippen LogP contribution in [0.4, 0.5) is 0 Å². The molecule has 0 unspecified atom stereocenters. The fraction of sp³-hybridized carbons (Fsp3) is 0.542. The summed E-state index contributed by atoms with van der Waals surface area (Å²) in [5.41, 5.74) is 1.15. The average Bonchev–Trinajstić information content (AvgIpc) is 3.19. The molecular formula is C24H30N2O2. The minimum atomic E-state index is -0.289. The first-order valence-corrected chi connectivity index (χ1v) is 10.8. The van der Waals surface area contributed by atoms with E-state index in [4.69, 9.17) is 4.42 Å². The zero-order valence-electron chi connectivity index (χ0n) is 16.6. The van der Waals surface area contributed by atoms with Gasteiger partial charge in [-0.2, -0.15) is 0 Å².